The minimum Gasteiger partial charge on any atom is -0.351 e. The molecule has 1 saturated heterocycles. The largest absolute Gasteiger partial charge is 0.351 e. The zero-order chi connectivity index (χ0) is 13.7. The van der Waals surface area contributed by atoms with Gasteiger partial charge in [0.25, 0.3) is 0 Å². The molecule has 0 spiro atoms. The molecule has 1 aromatic carbocycles. The number of nitrogens with zero attached hydrogens (tertiary/aromatic N) is 1. The summed E-state index contributed by atoms with van der Waals surface area (Å²) in [6, 6.07) is 8.69. The van der Waals surface area contributed by atoms with Crippen LogP contribution in [0.1, 0.15) is 18.1 Å². The second kappa shape index (κ2) is 6.68. The average molecular weight is 261 g/mol. The number of aryl methyl sites for hydroxylation is 1. The van der Waals surface area contributed by atoms with Gasteiger partial charge in [-0.1, -0.05) is 29.8 Å². The van der Waals surface area contributed by atoms with Gasteiger partial charge in [0.2, 0.25) is 5.91 Å². The van der Waals surface area contributed by atoms with Crippen LogP contribution in [-0.4, -0.2) is 43.0 Å². The van der Waals surface area contributed by atoms with Crippen molar-refractivity contribution in [3.05, 3.63) is 35.4 Å². The van der Waals surface area contributed by atoms with Gasteiger partial charge < -0.3 is 10.6 Å². The van der Waals surface area contributed by atoms with Crippen molar-refractivity contribution in [2.75, 3.05) is 26.2 Å². The second-order valence-electron chi connectivity index (χ2n) is 5.29. The van der Waals surface area contributed by atoms with Gasteiger partial charge in [-0.2, -0.15) is 0 Å². The average Bonchev–Trinajstić information content (AvgIpc) is 2.41. The van der Waals surface area contributed by atoms with Gasteiger partial charge in [0, 0.05) is 32.2 Å². The monoisotopic (exact) mass is 261 g/mol. The number of hydrogen-bond donors (Lipinski definition) is 2. The van der Waals surface area contributed by atoms with Crippen LogP contribution < -0.4 is 10.6 Å². The number of rotatable bonds is 4. The van der Waals surface area contributed by atoms with Crippen LogP contribution in [0.3, 0.4) is 0 Å². The van der Waals surface area contributed by atoms with Crippen molar-refractivity contribution in [3.63, 3.8) is 0 Å². The summed E-state index contributed by atoms with van der Waals surface area (Å²) in [7, 11) is 0. The summed E-state index contributed by atoms with van der Waals surface area (Å²) in [5, 5.41) is 6.31. The summed E-state index contributed by atoms with van der Waals surface area (Å²) in [6.45, 7) is 8.20. The molecule has 19 heavy (non-hydrogen) atoms. The van der Waals surface area contributed by atoms with E-state index in [-0.39, 0.29) is 5.91 Å². The van der Waals surface area contributed by atoms with Gasteiger partial charge in [-0.3, -0.25) is 9.69 Å². The maximum absolute atomic E-state index is 11.9. The number of nitrogens with one attached hydrogen (secondary N) is 2. The molecule has 4 heteroatoms. The smallest absolute Gasteiger partial charge is 0.234 e. The highest BCUT2D eigenvalue weighted by molar-refractivity contribution is 5.78. The van der Waals surface area contributed by atoms with Crippen molar-refractivity contribution in [2.45, 2.75) is 26.4 Å². The fourth-order valence-electron chi connectivity index (χ4n) is 2.26. The van der Waals surface area contributed by atoms with E-state index >= 15 is 0 Å². The molecule has 2 rings (SSSR count). The van der Waals surface area contributed by atoms with Gasteiger partial charge in [0.1, 0.15) is 0 Å². The van der Waals surface area contributed by atoms with Gasteiger partial charge in [0.05, 0.1) is 6.54 Å². The van der Waals surface area contributed by atoms with Gasteiger partial charge >= 0.3 is 0 Å². The Kier molecular flexibility index (Phi) is 4.93. The lowest BCUT2D eigenvalue weighted by molar-refractivity contribution is -0.123. The molecule has 104 valence electrons. The number of benzene rings is 1. The van der Waals surface area contributed by atoms with Crippen LogP contribution >= 0.6 is 0 Å². The Morgan fingerprint density at radius 3 is 2.84 bits per heavy atom. The normalized spacial score (nSPS) is 20.2. The van der Waals surface area contributed by atoms with E-state index in [0.717, 1.165) is 25.2 Å². The van der Waals surface area contributed by atoms with Crippen LogP contribution in [0.5, 0.6) is 0 Å². The molecule has 1 aliphatic rings. The maximum Gasteiger partial charge on any atom is 0.234 e. The molecule has 1 aliphatic heterocycles. The van der Waals surface area contributed by atoms with Gasteiger partial charge in [-0.05, 0) is 19.4 Å². The molecule has 0 aliphatic carbocycles. The first kappa shape index (κ1) is 14.0. The lowest BCUT2D eigenvalue weighted by atomic mass is 10.1. The van der Waals surface area contributed by atoms with Gasteiger partial charge in [-0.15, -0.1) is 0 Å². The standard InChI is InChI=1S/C15H23N3O/c1-12-3-5-14(6-4-12)10-17-15(19)11-18-8-7-16-9-13(18)2/h3-6,13,16H,7-11H2,1-2H3,(H,17,19). The zero-order valence-electron chi connectivity index (χ0n) is 11.8. The van der Waals surface area contributed by atoms with Crippen molar-refractivity contribution in [2.24, 2.45) is 0 Å². The molecule has 0 aromatic heterocycles. The molecule has 2 N–H and O–H groups in total. The van der Waals surface area contributed by atoms with Crippen LogP contribution in [0.25, 0.3) is 0 Å². The van der Waals surface area contributed by atoms with Gasteiger partial charge in [-0.25, -0.2) is 0 Å². The molecular formula is C15H23N3O. The molecule has 1 unspecified atom stereocenters. The highest BCUT2D eigenvalue weighted by Gasteiger charge is 2.19. The molecule has 1 aromatic rings. The van der Waals surface area contributed by atoms with E-state index in [1.165, 1.54) is 5.56 Å². The number of piperazine rings is 1. The summed E-state index contributed by atoms with van der Waals surface area (Å²) < 4.78 is 0. The first-order valence-corrected chi connectivity index (χ1v) is 6.92. The predicted molar refractivity (Wildman–Crippen MR) is 76.9 cm³/mol. The van der Waals surface area contributed by atoms with E-state index in [0.29, 0.717) is 19.1 Å². The molecule has 0 radical (unpaired) electrons. The van der Waals surface area contributed by atoms with Crippen molar-refractivity contribution in [1.29, 1.82) is 0 Å². The first-order valence-electron chi connectivity index (χ1n) is 6.92. The summed E-state index contributed by atoms with van der Waals surface area (Å²) in [4.78, 5) is 14.1. The first-order chi connectivity index (χ1) is 9.15. The Morgan fingerprint density at radius 1 is 1.42 bits per heavy atom. The molecule has 1 amide bonds. The van der Waals surface area contributed by atoms with Gasteiger partial charge in [0.15, 0.2) is 0 Å². The third-order valence-corrected chi connectivity index (χ3v) is 3.60. The van der Waals surface area contributed by atoms with Crippen LogP contribution in [0.15, 0.2) is 24.3 Å². The quantitative estimate of drug-likeness (QED) is 0.846. The molecule has 0 bridgehead atoms. The Hall–Kier alpha value is -1.39. The Morgan fingerprint density at radius 2 is 2.16 bits per heavy atom. The molecular weight excluding hydrogens is 238 g/mol. The van der Waals surface area contributed by atoms with Crippen molar-refractivity contribution in [1.82, 2.24) is 15.5 Å². The summed E-state index contributed by atoms with van der Waals surface area (Å²) >= 11 is 0. The summed E-state index contributed by atoms with van der Waals surface area (Å²) in [6.07, 6.45) is 0. The number of hydrogen-bond acceptors (Lipinski definition) is 3. The van der Waals surface area contributed by atoms with E-state index < -0.39 is 0 Å². The van der Waals surface area contributed by atoms with Crippen LogP contribution in [0, 0.1) is 6.92 Å². The molecule has 0 saturated carbocycles. The van der Waals surface area contributed by atoms with E-state index in [1.807, 2.05) is 0 Å². The maximum atomic E-state index is 11.9. The van der Waals surface area contributed by atoms with Crippen LogP contribution in [-0.2, 0) is 11.3 Å². The number of carbonyl (C=O) groups excluding carboxylic acids is 1. The highest BCUT2D eigenvalue weighted by atomic mass is 16.2. The molecule has 1 fully saturated rings. The molecule has 1 atom stereocenters. The Labute approximate surface area is 115 Å². The lowest BCUT2D eigenvalue weighted by Gasteiger charge is -2.33. The lowest BCUT2D eigenvalue weighted by Crippen LogP contribution is -2.52. The van der Waals surface area contributed by atoms with E-state index in [2.05, 4.69) is 53.6 Å². The van der Waals surface area contributed by atoms with Crippen molar-refractivity contribution in [3.8, 4) is 0 Å². The minimum atomic E-state index is 0.106. The number of amides is 1. The summed E-state index contributed by atoms with van der Waals surface area (Å²) in [5.41, 5.74) is 2.39. The molecule has 1 heterocycles. The highest BCUT2D eigenvalue weighted by Crippen LogP contribution is 2.03. The minimum absolute atomic E-state index is 0.106. The Bertz CT molecular complexity index is 416. The topological polar surface area (TPSA) is 44.4 Å². The fraction of sp³-hybridized carbons (Fsp3) is 0.533. The van der Waals surface area contributed by atoms with Crippen LogP contribution in [0.2, 0.25) is 0 Å². The zero-order valence-corrected chi connectivity index (χ0v) is 11.8. The SMILES string of the molecule is Cc1ccc(CNC(=O)CN2CCNCC2C)cc1. The Balaban J connectivity index is 1.76. The fourth-order valence-corrected chi connectivity index (χ4v) is 2.26. The van der Waals surface area contributed by atoms with E-state index in [4.69, 9.17) is 0 Å². The van der Waals surface area contributed by atoms with E-state index in [9.17, 15) is 4.79 Å². The third-order valence-electron chi connectivity index (χ3n) is 3.60. The summed E-state index contributed by atoms with van der Waals surface area (Å²) in [5.74, 6) is 0.106. The van der Waals surface area contributed by atoms with Crippen molar-refractivity contribution >= 4 is 5.91 Å². The van der Waals surface area contributed by atoms with E-state index in [1.54, 1.807) is 0 Å². The second-order valence-corrected chi connectivity index (χ2v) is 5.29. The van der Waals surface area contributed by atoms with Crippen molar-refractivity contribution < 1.29 is 4.79 Å². The van der Waals surface area contributed by atoms with Crippen LogP contribution in [0.4, 0.5) is 0 Å². The predicted octanol–water partition coefficient (Wildman–Crippen LogP) is 0.905. The molecule has 4 nitrogen and oxygen atoms in total. The number of carbonyl (C=O) groups is 1. The third kappa shape index (κ3) is 4.33.